The molecule has 248 valence electrons. The zero-order valence-electron chi connectivity index (χ0n) is 27.0. The van der Waals surface area contributed by atoms with Crippen molar-refractivity contribution in [3.05, 3.63) is 80.8 Å². The molecule has 4 heterocycles. The Kier molecular flexibility index (Phi) is 10.8. The number of aromatic nitrogens is 4. The van der Waals surface area contributed by atoms with E-state index in [4.69, 9.17) is 0 Å². The molecule has 1 aliphatic carbocycles. The number of rotatable bonds is 11. The summed E-state index contributed by atoms with van der Waals surface area (Å²) >= 11 is 3.21. The summed E-state index contributed by atoms with van der Waals surface area (Å²) in [6, 6.07) is 17.6. The first-order chi connectivity index (χ1) is 23.2. The fraction of sp³-hybridized carbons (Fsp3) is 0.528. The third-order valence-electron chi connectivity index (χ3n) is 10.1. The molecule has 9 nitrogen and oxygen atoms in total. The van der Waals surface area contributed by atoms with E-state index in [0.717, 1.165) is 98.4 Å². The van der Waals surface area contributed by atoms with Gasteiger partial charge in [-0.2, -0.15) is 0 Å². The normalized spacial score (nSPS) is 21.0. The highest BCUT2D eigenvalue weighted by atomic mass is 32.1. The van der Waals surface area contributed by atoms with Crippen molar-refractivity contribution in [3.8, 4) is 0 Å². The van der Waals surface area contributed by atoms with E-state index in [2.05, 4.69) is 84.1 Å². The van der Waals surface area contributed by atoms with E-state index >= 15 is 0 Å². The van der Waals surface area contributed by atoms with Crippen LogP contribution in [-0.4, -0.2) is 59.0 Å². The largest absolute Gasteiger partial charge is 0.360 e. The maximum atomic E-state index is 12.9. The lowest BCUT2D eigenvalue weighted by Gasteiger charge is -2.25. The number of nitrogens with zero attached hydrogens (tertiary/aromatic N) is 4. The second-order valence-corrected chi connectivity index (χ2v) is 15.4. The fourth-order valence-corrected chi connectivity index (χ4v) is 9.32. The molecule has 3 fully saturated rings. The lowest BCUT2D eigenvalue weighted by atomic mass is 9.82. The summed E-state index contributed by atoms with van der Waals surface area (Å²) < 4.78 is 0. The van der Waals surface area contributed by atoms with Gasteiger partial charge in [0.25, 0.3) is 0 Å². The van der Waals surface area contributed by atoms with Crippen molar-refractivity contribution in [2.75, 3.05) is 43.4 Å². The van der Waals surface area contributed by atoms with Crippen LogP contribution in [0.25, 0.3) is 0 Å². The molecule has 11 heteroatoms. The van der Waals surface area contributed by atoms with Crippen molar-refractivity contribution < 1.29 is 4.79 Å². The molecule has 2 aliphatic heterocycles. The van der Waals surface area contributed by atoms with Crippen molar-refractivity contribution in [1.82, 2.24) is 31.0 Å². The number of hydrogen-bond donors (Lipinski definition) is 4. The van der Waals surface area contributed by atoms with Crippen molar-refractivity contribution in [2.45, 2.75) is 87.9 Å². The summed E-state index contributed by atoms with van der Waals surface area (Å²) in [5.74, 6) is 1.91. The van der Waals surface area contributed by atoms with Crippen LogP contribution >= 0.6 is 22.7 Å². The lowest BCUT2D eigenvalue weighted by molar-refractivity contribution is -0.115. The minimum absolute atomic E-state index is 0.0416. The van der Waals surface area contributed by atoms with E-state index in [-0.39, 0.29) is 5.91 Å². The predicted octanol–water partition coefficient (Wildman–Crippen LogP) is 6.60. The number of carbonyl (C=O) groups excluding carboxylic acids is 1. The third kappa shape index (κ3) is 8.62. The van der Waals surface area contributed by atoms with Gasteiger partial charge in [0, 0.05) is 18.4 Å². The monoisotopic (exact) mass is 670 g/mol. The number of carbonyl (C=O) groups is 1. The van der Waals surface area contributed by atoms with E-state index in [1.807, 2.05) is 6.07 Å². The Balaban J connectivity index is 0.886. The average molecular weight is 671 g/mol. The molecule has 0 radical (unpaired) electrons. The summed E-state index contributed by atoms with van der Waals surface area (Å²) in [5.41, 5.74) is 5.25. The second kappa shape index (κ2) is 15.8. The highest BCUT2D eigenvalue weighted by molar-refractivity contribution is 7.15. The molecule has 1 saturated carbocycles. The van der Waals surface area contributed by atoms with E-state index in [1.54, 1.807) is 11.3 Å². The fourth-order valence-electron chi connectivity index (χ4n) is 7.49. The van der Waals surface area contributed by atoms with Crippen LogP contribution in [0.1, 0.15) is 107 Å². The van der Waals surface area contributed by atoms with Gasteiger partial charge in [0.15, 0.2) is 0 Å². The Hall–Kier alpha value is -3.25. The lowest BCUT2D eigenvalue weighted by Crippen LogP contribution is -2.26. The molecule has 1 amide bonds. The molecule has 7 rings (SSSR count). The van der Waals surface area contributed by atoms with Gasteiger partial charge in [-0.3, -0.25) is 4.79 Å². The second-order valence-electron chi connectivity index (χ2n) is 13.4. The number of hydrogen-bond acceptors (Lipinski definition) is 10. The van der Waals surface area contributed by atoms with Crippen LogP contribution in [0.4, 0.5) is 10.3 Å². The van der Waals surface area contributed by atoms with Crippen LogP contribution in [-0.2, 0) is 17.6 Å². The Bertz CT molecular complexity index is 1610. The third-order valence-corrected chi connectivity index (χ3v) is 12.1. The predicted molar refractivity (Wildman–Crippen MR) is 191 cm³/mol. The van der Waals surface area contributed by atoms with Gasteiger partial charge in [-0.15, -0.1) is 20.4 Å². The summed E-state index contributed by atoms with van der Waals surface area (Å²) in [6.07, 6.45) is 10.4. The van der Waals surface area contributed by atoms with E-state index in [0.29, 0.717) is 35.2 Å². The van der Waals surface area contributed by atoms with Gasteiger partial charge in [-0.1, -0.05) is 77.6 Å². The first-order valence-electron chi connectivity index (χ1n) is 17.5. The molecule has 2 aromatic carbocycles. The zero-order chi connectivity index (χ0) is 31.8. The highest BCUT2D eigenvalue weighted by Crippen LogP contribution is 2.43. The Labute approximate surface area is 285 Å². The topological polar surface area (TPSA) is 117 Å². The molecule has 0 bridgehead atoms. The van der Waals surface area contributed by atoms with Crippen LogP contribution in [0.5, 0.6) is 0 Å². The minimum atomic E-state index is -0.0416. The molecule has 0 spiro atoms. The highest BCUT2D eigenvalue weighted by Gasteiger charge is 2.29. The van der Waals surface area contributed by atoms with Crippen molar-refractivity contribution in [3.63, 3.8) is 0 Å². The van der Waals surface area contributed by atoms with E-state index in [1.165, 1.54) is 40.9 Å². The minimum Gasteiger partial charge on any atom is -0.360 e. The smallest absolute Gasteiger partial charge is 0.230 e. The Morgan fingerprint density at radius 1 is 0.702 bits per heavy atom. The molecular weight excluding hydrogens is 625 g/mol. The molecule has 4 N–H and O–H groups in total. The maximum Gasteiger partial charge on any atom is 0.230 e. The first-order valence-corrected chi connectivity index (χ1v) is 19.1. The number of amides is 1. The Morgan fingerprint density at radius 2 is 1.28 bits per heavy atom. The van der Waals surface area contributed by atoms with Crippen LogP contribution in [0.2, 0.25) is 0 Å². The number of nitrogens with one attached hydrogen (secondary N) is 4. The van der Waals surface area contributed by atoms with Crippen molar-refractivity contribution in [2.24, 2.45) is 0 Å². The van der Waals surface area contributed by atoms with Crippen LogP contribution in [0.3, 0.4) is 0 Å². The van der Waals surface area contributed by atoms with Crippen LogP contribution in [0, 0.1) is 0 Å². The van der Waals surface area contributed by atoms with Gasteiger partial charge < -0.3 is 21.3 Å². The van der Waals surface area contributed by atoms with Gasteiger partial charge in [-0.05, 0) is 112 Å². The standard InChI is InChI=1S/C36H46N8OS2/c45-32(22-25-5-2-7-29(21-25)27-13-17-38-18-14-27)40-36-44-42-34(47-36)31-9-3-8-30(23-31)33-41-43-35(46-33)39-19-10-24-4-1-6-28(20-24)26-11-15-37-16-12-26/h1-2,4-7,20-21,26-27,30-31,37-38H,3,8-19,22-23H2,(H,39,43)(H,40,44,45)/t30-,31-/m0/s1. The van der Waals surface area contributed by atoms with E-state index in [9.17, 15) is 4.79 Å². The van der Waals surface area contributed by atoms with Gasteiger partial charge in [0.05, 0.1) is 6.42 Å². The molecule has 4 aromatic rings. The quantitative estimate of drug-likeness (QED) is 0.141. The molecule has 0 unspecified atom stereocenters. The maximum absolute atomic E-state index is 12.9. The van der Waals surface area contributed by atoms with Crippen LogP contribution < -0.4 is 21.3 Å². The van der Waals surface area contributed by atoms with Gasteiger partial charge in [0.2, 0.25) is 16.2 Å². The molecule has 2 atom stereocenters. The number of anilines is 2. The van der Waals surface area contributed by atoms with Crippen molar-refractivity contribution >= 4 is 38.8 Å². The molecular formula is C36H46N8OS2. The number of benzene rings is 2. The summed E-state index contributed by atoms with van der Waals surface area (Å²) in [5, 5.41) is 35.0. The first kappa shape index (κ1) is 32.3. The van der Waals surface area contributed by atoms with Gasteiger partial charge in [0.1, 0.15) is 10.0 Å². The van der Waals surface area contributed by atoms with Crippen molar-refractivity contribution in [1.29, 1.82) is 0 Å². The zero-order valence-corrected chi connectivity index (χ0v) is 28.7. The summed E-state index contributed by atoms with van der Waals surface area (Å²) in [4.78, 5) is 12.9. The average Bonchev–Trinajstić information content (AvgIpc) is 3.80. The van der Waals surface area contributed by atoms with Gasteiger partial charge in [-0.25, -0.2) is 0 Å². The molecule has 47 heavy (non-hydrogen) atoms. The van der Waals surface area contributed by atoms with Crippen LogP contribution in [0.15, 0.2) is 48.5 Å². The summed E-state index contributed by atoms with van der Waals surface area (Å²) in [6.45, 7) is 5.20. The van der Waals surface area contributed by atoms with Gasteiger partial charge >= 0.3 is 0 Å². The number of piperidine rings is 2. The Morgan fingerprint density at radius 3 is 1.94 bits per heavy atom. The summed E-state index contributed by atoms with van der Waals surface area (Å²) in [7, 11) is 0. The molecule has 3 aliphatic rings. The molecule has 2 aromatic heterocycles. The SMILES string of the molecule is O=C(Cc1cccc(C2CCNCC2)c1)Nc1nnc([C@H]2CCC[C@H](c3nnc(NCCc4cccc(C5CCNCC5)c4)s3)C2)s1. The van der Waals surface area contributed by atoms with E-state index < -0.39 is 0 Å². The molecule has 2 saturated heterocycles.